The van der Waals surface area contributed by atoms with Crippen molar-refractivity contribution in [1.82, 2.24) is 10.3 Å². The zero-order valence-electron chi connectivity index (χ0n) is 12.7. The summed E-state index contributed by atoms with van der Waals surface area (Å²) in [4.78, 5) is 7.63. The lowest BCUT2D eigenvalue weighted by Gasteiger charge is -2.16. The molecule has 2 nitrogen and oxygen atoms in total. The number of thiophene rings is 1. The van der Waals surface area contributed by atoms with Crippen molar-refractivity contribution in [2.75, 3.05) is 6.54 Å². The van der Waals surface area contributed by atoms with Gasteiger partial charge in [0.25, 0.3) is 0 Å². The van der Waals surface area contributed by atoms with Gasteiger partial charge in [-0.3, -0.25) is 0 Å². The molecule has 0 fully saturated rings. The van der Waals surface area contributed by atoms with E-state index in [0.717, 1.165) is 13.0 Å². The highest BCUT2D eigenvalue weighted by molar-refractivity contribution is 7.12. The summed E-state index contributed by atoms with van der Waals surface area (Å²) in [7, 11) is 0. The first kappa shape index (κ1) is 15.2. The predicted molar refractivity (Wildman–Crippen MR) is 92.4 cm³/mol. The minimum Gasteiger partial charge on any atom is -0.309 e. The van der Waals surface area contributed by atoms with E-state index in [0.29, 0.717) is 6.04 Å². The van der Waals surface area contributed by atoms with E-state index in [1.165, 1.54) is 48.4 Å². The molecule has 0 bridgehead atoms. The Morgan fingerprint density at radius 3 is 3.00 bits per heavy atom. The van der Waals surface area contributed by atoms with Crippen molar-refractivity contribution < 1.29 is 0 Å². The van der Waals surface area contributed by atoms with Gasteiger partial charge in [0.1, 0.15) is 0 Å². The molecule has 0 saturated carbocycles. The summed E-state index contributed by atoms with van der Waals surface area (Å²) >= 11 is 3.81. The van der Waals surface area contributed by atoms with E-state index in [1.54, 1.807) is 21.8 Å². The van der Waals surface area contributed by atoms with Gasteiger partial charge >= 0.3 is 0 Å². The minimum atomic E-state index is 0.438. The second-order valence-corrected chi connectivity index (χ2v) is 7.94. The standard InChI is InChI=1S/C17H24N2S2/c1-2-8-18-14(12-17-19-9-10-20-17)16-11-13-6-4-3-5-7-15(13)21-16/h9-11,14,18H,2-8,12H2,1H3. The lowest BCUT2D eigenvalue weighted by molar-refractivity contribution is 0.535. The molecular weight excluding hydrogens is 296 g/mol. The molecule has 114 valence electrons. The van der Waals surface area contributed by atoms with Crippen molar-refractivity contribution in [2.24, 2.45) is 0 Å². The quantitative estimate of drug-likeness (QED) is 0.776. The molecule has 3 rings (SSSR count). The fourth-order valence-electron chi connectivity index (χ4n) is 2.98. The van der Waals surface area contributed by atoms with Crippen LogP contribution in [0.2, 0.25) is 0 Å². The highest BCUT2D eigenvalue weighted by Crippen LogP contribution is 2.33. The van der Waals surface area contributed by atoms with E-state index < -0.39 is 0 Å². The zero-order chi connectivity index (χ0) is 14.5. The molecular formula is C17H24N2S2. The first-order valence-corrected chi connectivity index (χ1v) is 9.79. The van der Waals surface area contributed by atoms with E-state index >= 15 is 0 Å². The number of hydrogen-bond acceptors (Lipinski definition) is 4. The fraction of sp³-hybridized carbons (Fsp3) is 0.588. The third-order valence-corrected chi connectivity index (χ3v) is 6.26. The van der Waals surface area contributed by atoms with Crippen LogP contribution in [-0.2, 0) is 19.3 Å². The van der Waals surface area contributed by atoms with Crippen LogP contribution in [-0.4, -0.2) is 11.5 Å². The molecule has 1 aliphatic rings. The molecule has 0 spiro atoms. The van der Waals surface area contributed by atoms with Crippen molar-refractivity contribution in [3.05, 3.63) is 38.0 Å². The van der Waals surface area contributed by atoms with Crippen LogP contribution in [0.4, 0.5) is 0 Å². The highest BCUT2D eigenvalue weighted by atomic mass is 32.1. The van der Waals surface area contributed by atoms with E-state index in [9.17, 15) is 0 Å². The fourth-order valence-corrected chi connectivity index (χ4v) is 4.98. The number of thiazole rings is 1. The Kier molecular flexibility index (Phi) is 5.44. The van der Waals surface area contributed by atoms with Gasteiger partial charge in [-0.25, -0.2) is 4.98 Å². The molecule has 2 aromatic heterocycles. The van der Waals surface area contributed by atoms with Gasteiger partial charge in [0, 0.05) is 33.8 Å². The molecule has 0 amide bonds. The van der Waals surface area contributed by atoms with Crippen molar-refractivity contribution in [2.45, 2.75) is 57.9 Å². The maximum Gasteiger partial charge on any atom is 0.0944 e. The molecule has 2 heterocycles. The monoisotopic (exact) mass is 320 g/mol. The molecule has 4 heteroatoms. The number of nitrogens with one attached hydrogen (secondary N) is 1. The van der Waals surface area contributed by atoms with Crippen LogP contribution < -0.4 is 5.32 Å². The van der Waals surface area contributed by atoms with Gasteiger partial charge < -0.3 is 5.32 Å². The molecule has 21 heavy (non-hydrogen) atoms. The number of aryl methyl sites for hydroxylation is 2. The Morgan fingerprint density at radius 2 is 2.19 bits per heavy atom. The first-order valence-electron chi connectivity index (χ1n) is 8.10. The molecule has 0 radical (unpaired) electrons. The van der Waals surface area contributed by atoms with Gasteiger partial charge in [0.15, 0.2) is 0 Å². The SMILES string of the molecule is CCCNC(Cc1nccs1)c1cc2c(s1)CCCCC2. The molecule has 0 aliphatic heterocycles. The number of rotatable bonds is 6. The van der Waals surface area contributed by atoms with Crippen LogP contribution in [0.25, 0.3) is 0 Å². The van der Waals surface area contributed by atoms with Crippen LogP contribution in [0.5, 0.6) is 0 Å². The lowest BCUT2D eigenvalue weighted by Crippen LogP contribution is -2.23. The Labute approximate surface area is 135 Å². The van der Waals surface area contributed by atoms with E-state index in [2.05, 4.69) is 28.7 Å². The summed E-state index contributed by atoms with van der Waals surface area (Å²) in [5.74, 6) is 0. The van der Waals surface area contributed by atoms with Gasteiger partial charge in [-0.2, -0.15) is 0 Å². The number of fused-ring (bicyclic) bond motifs is 1. The maximum atomic E-state index is 4.47. The summed E-state index contributed by atoms with van der Waals surface area (Å²) < 4.78 is 0. The van der Waals surface area contributed by atoms with Gasteiger partial charge in [0.05, 0.1) is 5.01 Å². The van der Waals surface area contributed by atoms with E-state index in [-0.39, 0.29) is 0 Å². The Balaban J connectivity index is 1.78. The Bertz CT molecular complexity index is 522. The largest absolute Gasteiger partial charge is 0.309 e. The molecule has 1 N–H and O–H groups in total. The minimum absolute atomic E-state index is 0.438. The van der Waals surface area contributed by atoms with Crippen LogP contribution >= 0.6 is 22.7 Å². The van der Waals surface area contributed by atoms with E-state index in [4.69, 9.17) is 0 Å². The smallest absolute Gasteiger partial charge is 0.0944 e. The Hall–Kier alpha value is -0.710. The third-order valence-electron chi connectivity index (χ3n) is 4.11. The van der Waals surface area contributed by atoms with Gasteiger partial charge in [-0.15, -0.1) is 22.7 Å². The summed E-state index contributed by atoms with van der Waals surface area (Å²) in [6.45, 7) is 3.32. The summed E-state index contributed by atoms with van der Waals surface area (Å²) in [6.07, 6.45) is 10.8. The van der Waals surface area contributed by atoms with Crippen molar-refractivity contribution >= 4 is 22.7 Å². The normalized spacial score (nSPS) is 16.4. The van der Waals surface area contributed by atoms with Crippen LogP contribution in [0.3, 0.4) is 0 Å². The third kappa shape index (κ3) is 3.93. The molecule has 0 aromatic carbocycles. The predicted octanol–water partition coefficient (Wildman–Crippen LogP) is 4.76. The lowest BCUT2D eigenvalue weighted by atomic mass is 10.1. The maximum absolute atomic E-state index is 4.47. The number of nitrogens with zero attached hydrogens (tertiary/aromatic N) is 1. The topological polar surface area (TPSA) is 24.9 Å². The summed E-state index contributed by atoms with van der Waals surface area (Å²) in [5, 5.41) is 7.05. The first-order chi connectivity index (χ1) is 10.4. The highest BCUT2D eigenvalue weighted by Gasteiger charge is 2.19. The van der Waals surface area contributed by atoms with Gasteiger partial charge in [-0.05, 0) is 50.3 Å². The zero-order valence-corrected chi connectivity index (χ0v) is 14.4. The average Bonchev–Trinajstić information content (AvgIpc) is 3.09. The van der Waals surface area contributed by atoms with Gasteiger partial charge in [-0.1, -0.05) is 13.3 Å². The second-order valence-electron chi connectivity index (χ2n) is 5.79. The van der Waals surface area contributed by atoms with Gasteiger partial charge in [0.2, 0.25) is 0 Å². The molecule has 1 unspecified atom stereocenters. The Morgan fingerprint density at radius 1 is 1.29 bits per heavy atom. The number of hydrogen-bond donors (Lipinski definition) is 1. The van der Waals surface area contributed by atoms with Crippen LogP contribution in [0.15, 0.2) is 17.6 Å². The van der Waals surface area contributed by atoms with Crippen molar-refractivity contribution in [1.29, 1.82) is 0 Å². The number of aromatic nitrogens is 1. The van der Waals surface area contributed by atoms with Crippen LogP contribution in [0, 0.1) is 0 Å². The summed E-state index contributed by atoms with van der Waals surface area (Å²) in [5.41, 5.74) is 1.62. The van der Waals surface area contributed by atoms with Crippen molar-refractivity contribution in [3.63, 3.8) is 0 Å². The second kappa shape index (κ2) is 7.52. The van der Waals surface area contributed by atoms with E-state index in [1.807, 2.05) is 17.5 Å². The molecule has 0 saturated heterocycles. The summed E-state index contributed by atoms with van der Waals surface area (Å²) in [6, 6.07) is 2.92. The molecule has 2 aromatic rings. The van der Waals surface area contributed by atoms with Crippen molar-refractivity contribution in [3.8, 4) is 0 Å². The average molecular weight is 321 g/mol. The van der Waals surface area contributed by atoms with Crippen LogP contribution in [0.1, 0.15) is 59.0 Å². The molecule has 1 atom stereocenters. The molecule has 1 aliphatic carbocycles.